The van der Waals surface area contributed by atoms with E-state index < -0.39 is 0 Å². The fourth-order valence-electron chi connectivity index (χ4n) is 5.91. The van der Waals surface area contributed by atoms with Gasteiger partial charge in [0.1, 0.15) is 0 Å². The molecule has 0 amide bonds. The molecule has 0 bridgehead atoms. The number of hydrogen-bond donors (Lipinski definition) is 2. The molecule has 42 heavy (non-hydrogen) atoms. The third-order valence-corrected chi connectivity index (χ3v) is 8.35. The number of hydrogen-bond acceptors (Lipinski definition) is 7. The Morgan fingerprint density at radius 1 is 0.929 bits per heavy atom. The van der Waals surface area contributed by atoms with Crippen molar-refractivity contribution in [1.29, 1.82) is 0 Å². The zero-order chi connectivity index (χ0) is 30.2. The molecule has 0 aromatic heterocycles. The van der Waals surface area contributed by atoms with Crippen LogP contribution in [0, 0.1) is 29.6 Å². The van der Waals surface area contributed by atoms with Crippen LogP contribution in [0.2, 0.25) is 0 Å². The normalized spacial score (nSPS) is 19.5. The van der Waals surface area contributed by atoms with E-state index in [-0.39, 0.29) is 19.4 Å². The molecule has 2 aromatic rings. The van der Waals surface area contributed by atoms with Crippen LogP contribution < -0.4 is 15.4 Å². The summed E-state index contributed by atoms with van der Waals surface area (Å²) < 4.78 is 22.9. The molecular weight excluding hydrogens is 530 g/mol. The van der Waals surface area contributed by atoms with Gasteiger partial charge in [-0.15, -0.1) is 0 Å². The lowest BCUT2D eigenvalue weighted by Crippen LogP contribution is -2.27. The summed E-state index contributed by atoms with van der Waals surface area (Å²) in [5.74, 6) is 8.44. The second kappa shape index (κ2) is 20.7. The van der Waals surface area contributed by atoms with Crippen LogP contribution in [-0.2, 0) is 20.9 Å². The summed E-state index contributed by atoms with van der Waals surface area (Å²) in [4.78, 5) is 3.75. The largest absolute Gasteiger partial charge is 0.493 e. The molecule has 240 valence electrons. The highest BCUT2D eigenvalue weighted by Crippen LogP contribution is 2.49. The van der Waals surface area contributed by atoms with E-state index >= 15 is 0 Å². The molecule has 1 aliphatic rings. The maximum absolute atomic E-state index is 11.4. The smallest absolute Gasteiger partial charge is 0.161 e. The van der Waals surface area contributed by atoms with Gasteiger partial charge in [-0.3, -0.25) is 0 Å². The Labute approximate surface area is 256 Å². The van der Waals surface area contributed by atoms with Crippen molar-refractivity contribution in [3.63, 3.8) is 0 Å². The second-order valence-corrected chi connectivity index (χ2v) is 11.9. The van der Waals surface area contributed by atoms with Gasteiger partial charge in [0.25, 0.3) is 0 Å². The number of aliphatic hydroxyl groups excluding tert-OH is 1. The van der Waals surface area contributed by atoms with Crippen LogP contribution in [-0.4, -0.2) is 52.4 Å². The minimum absolute atomic E-state index is 0. The molecule has 0 heterocycles. The van der Waals surface area contributed by atoms with Crippen molar-refractivity contribution in [2.45, 2.75) is 79.4 Å². The first-order valence-electron chi connectivity index (χ1n) is 15.1. The van der Waals surface area contributed by atoms with Gasteiger partial charge in [-0.25, -0.2) is 5.90 Å². The lowest BCUT2D eigenvalue weighted by molar-refractivity contribution is 0.0237. The van der Waals surface area contributed by atoms with Crippen molar-refractivity contribution in [3.05, 3.63) is 59.7 Å². The van der Waals surface area contributed by atoms with Crippen molar-refractivity contribution in [1.82, 2.24) is 0 Å². The van der Waals surface area contributed by atoms with Crippen LogP contribution in [0.3, 0.4) is 0 Å². The van der Waals surface area contributed by atoms with Crippen LogP contribution in [0.4, 0.5) is 0 Å². The molecule has 1 aliphatic carbocycles. The third-order valence-electron chi connectivity index (χ3n) is 8.35. The molecule has 0 saturated heterocycles. The minimum Gasteiger partial charge on any atom is -0.493 e. The van der Waals surface area contributed by atoms with E-state index in [2.05, 4.69) is 62.7 Å². The summed E-state index contributed by atoms with van der Waals surface area (Å²) in [7, 11) is 4.80. The molecule has 5 atom stereocenters. The lowest BCUT2D eigenvalue weighted by atomic mass is 9.82. The maximum atomic E-state index is 11.4. The average Bonchev–Trinajstić information content (AvgIpc) is 3.42. The highest BCUT2D eigenvalue weighted by atomic mass is 16.6. The van der Waals surface area contributed by atoms with Gasteiger partial charge in [-0.1, -0.05) is 71.5 Å². The molecule has 3 N–H and O–H groups in total. The van der Waals surface area contributed by atoms with Gasteiger partial charge in [0.2, 0.25) is 0 Å². The Bertz CT molecular complexity index is 954. The van der Waals surface area contributed by atoms with Crippen molar-refractivity contribution in [2.75, 3.05) is 41.2 Å². The third kappa shape index (κ3) is 12.2. The molecule has 7 nitrogen and oxygen atoms in total. The number of aliphatic hydroxyl groups is 1. The molecular formula is C35H59NO6. The Balaban J connectivity index is 0.00000211. The van der Waals surface area contributed by atoms with E-state index in [4.69, 9.17) is 18.9 Å². The first-order chi connectivity index (χ1) is 19.7. The summed E-state index contributed by atoms with van der Waals surface area (Å²) in [6.45, 7) is 11.7. The fraction of sp³-hybridized carbons (Fsp3) is 0.657. The standard InChI is InChI=1S/C33H50O5.CH5NO.CH4/c1-23(2)28(22-37-21-25-11-8-7-9-12-25)19-31(34)27-17-29(24(3)4)30(18-27)26-13-14-32(36-6)33(20-26)38-16-10-15-35-5;1-3-2;/h7-9,11-14,20,23-24,27-31,34H,10,15-19,21-22H2,1-6H3;2H2,1H3;1H4/t27-,28?,29?,30+,31?;;/m1../s1. The van der Waals surface area contributed by atoms with E-state index in [0.29, 0.717) is 56.0 Å². The zero-order valence-electron chi connectivity index (χ0n) is 26.4. The van der Waals surface area contributed by atoms with Gasteiger partial charge >= 0.3 is 0 Å². The van der Waals surface area contributed by atoms with Crippen LogP contribution in [0.15, 0.2) is 48.5 Å². The molecule has 1 fully saturated rings. The molecule has 7 heteroatoms. The van der Waals surface area contributed by atoms with E-state index in [0.717, 1.165) is 37.2 Å². The fourth-order valence-corrected chi connectivity index (χ4v) is 5.91. The predicted octanol–water partition coefficient (Wildman–Crippen LogP) is 7.26. The van der Waals surface area contributed by atoms with Crippen molar-refractivity contribution >= 4 is 0 Å². The molecule has 2 aromatic carbocycles. The quantitative estimate of drug-likeness (QED) is 0.157. The molecule has 0 aliphatic heterocycles. The van der Waals surface area contributed by atoms with E-state index in [1.807, 2.05) is 24.3 Å². The van der Waals surface area contributed by atoms with E-state index in [1.165, 1.54) is 18.2 Å². The Morgan fingerprint density at radius 2 is 1.62 bits per heavy atom. The minimum atomic E-state index is -0.322. The summed E-state index contributed by atoms with van der Waals surface area (Å²) in [6.07, 6.45) is 3.34. The van der Waals surface area contributed by atoms with E-state index in [1.54, 1.807) is 14.2 Å². The van der Waals surface area contributed by atoms with Crippen LogP contribution >= 0.6 is 0 Å². The van der Waals surface area contributed by atoms with Gasteiger partial charge in [-0.2, -0.15) is 0 Å². The monoisotopic (exact) mass is 589 g/mol. The van der Waals surface area contributed by atoms with Crippen LogP contribution in [0.1, 0.15) is 77.8 Å². The molecule has 1 saturated carbocycles. The first-order valence-corrected chi connectivity index (χ1v) is 15.1. The topological polar surface area (TPSA) is 92.4 Å². The van der Waals surface area contributed by atoms with Crippen molar-refractivity contribution in [3.8, 4) is 11.5 Å². The summed E-state index contributed by atoms with van der Waals surface area (Å²) in [5, 5.41) is 11.4. The Hall–Kier alpha value is -2.16. The lowest BCUT2D eigenvalue weighted by Gasteiger charge is -2.27. The van der Waals surface area contributed by atoms with Gasteiger partial charge in [0.15, 0.2) is 11.5 Å². The highest BCUT2D eigenvalue weighted by Gasteiger charge is 2.40. The van der Waals surface area contributed by atoms with Crippen molar-refractivity contribution in [2.24, 2.45) is 35.5 Å². The van der Waals surface area contributed by atoms with Crippen molar-refractivity contribution < 1.29 is 28.9 Å². The Kier molecular flexibility index (Phi) is 18.7. The number of ether oxygens (including phenoxy) is 4. The summed E-state index contributed by atoms with van der Waals surface area (Å²) >= 11 is 0. The highest BCUT2D eigenvalue weighted by molar-refractivity contribution is 5.44. The summed E-state index contributed by atoms with van der Waals surface area (Å²) in [6, 6.07) is 16.7. The Morgan fingerprint density at radius 3 is 2.21 bits per heavy atom. The summed E-state index contributed by atoms with van der Waals surface area (Å²) in [5.41, 5.74) is 2.48. The van der Waals surface area contributed by atoms with Gasteiger partial charge in [0.05, 0.1) is 40.1 Å². The van der Waals surface area contributed by atoms with Gasteiger partial charge in [-0.05, 0) is 78.0 Å². The predicted molar refractivity (Wildman–Crippen MR) is 172 cm³/mol. The molecule has 3 rings (SSSR count). The number of nitrogens with two attached hydrogens (primary N) is 1. The van der Waals surface area contributed by atoms with Crippen LogP contribution in [0.5, 0.6) is 11.5 Å². The number of rotatable bonds is 16. The molecule has 0 spiro atoms. The number of methoxy groups -OCH3 is 2. The SMILES string of the molecule is C.COCCCOc1cc([C@@H]2C[C@H](C(O)CC(COCc3ccccc3)C(C)C)CC2C(C)C)ccc1OC.CON. The average molecular weight is 590 g/mol. The second-order valence-electron chi connectivity index (χ2n) is 11.9. The maximum Gasteiger partial charge on any atom is 0.161 e. The first kappa shape index (κ1) is 37.9. The molecule has 0 radical (unpaired) electrons. The molecule has 3 unspecified atom stereocenters. The van der Waals surface area contributed by atoms with Gasteiger partial charge in [0, 0.05) is 20.1 Å². The van der Waals surface area contributed by atoms with Crippen LogP contribution in [0.25, 0.3) is 0 Å². The van der Waals surface area contributed by atoms with Gasteiger partial charge < -0.3 is 28.9 Å². The van der Waals surface area contributed by atoms with E-state index in [9.17, 15) is 5.11 Å². The zero-order valence-corrected chi connectivity index (χ0v) is 26.4. The number of benzene rings is 2.